The number of rotatable bonds is 4. The second kappa shape index (κ2) is 7.91. The van der Waals surface area contributed by atoms with Gasteiger partial charge in [0.25, 0.3) is 0 Å². The average molecular weight is 394 g/mol. The molecule has 0 radical (unpaired) electrons. The van der Waals surface area contributed by atoms with Crippen LogP contribution in [-0.2, 0) is 5.54 Å². The van der Waals surface area contributed by atoms with Crippen LogP contribution in [0.1, 0.15) is 38.2 Å². The maximum Gasteiger partial charge on any atom is 0.173 e. The van der Waals surface area contributed by atoms with Crippen molar-refractivity contribution in [3.63, 3.8) is 0 Å². The van der Waals surface area contributed by atoms with Crippen molar-refractivity contribution in [2.45, 2.75) is 32.4 Å². The van der Waals surface area contributed by atoms with Crippen molar-refractivity contribution in [2.75, 3.05) is 31.1 Å². The van der Waals surface area contributed by atoms with Crippen LogP contribution in [0.5, 0.6) is 0 Å². The molecule has 152 valence electrons. The van der Waals surface area contributed by atoms with E-state index < -0.39 is 0 Å². The third-order valence-corrected chi connectivity index (χ3v) is 5.36. The van der Waals surface area contributed by atoms with Crippen molar-refractivity contribution in [2.24, 2.45) is 0 Å². The van der Waals surface area contributed by atoms with Crippen molar-refractivity contribution in [3.8, 4) is 0 Å². The second-order valence-electron chi connectivity index (χ2n) is 8.43. The van der Waals surface area contributed by atoms with Gasteiger partial charge in [0.1, 0.15) is 5.82 Å². The normalized spacial score (nSPS) is 16.8. The highest BCUT2D eigenvalue weighted by molar-refractivity contribution is 5.46. The van der Waals surface area contributed by atoms with E-state index in [1.807, 2.05) is 22.9 Å². The van der Waals surface area contributed by atoms with Gasteiger partial charge in [-0.1, -0.05) is 30.3 Å². The Morgan fingerprint density at radius 2 is 1.55 bits per heavy atom. The van der Waals surface area contributed by atoms with Crippen molar-refractivity contribution < 1.29 is 4.39 Å². The van der Waals surface area contributed by atoms with Crippen LogP contribution in [0.15, 0.2) is 54.6 Å². The molecule has 6 nitrogen and oxygen atoms in total. The number of para-hydroxylation sites is 1. The summed E-state index contributed by atoms with van der Waals surface area (Å²) in [6.45, 7) is 9.82. The minimum atomic E-state index is -0.247. The number of benzene rings is 2. The van der Waals surface area contributed by atoms with E-state index in [2.05, 4.69) is 70.4 Å². The van der Waals surface area contributed by atoms with Gasteiger partial charge in [-0.3, -0.25) is 4.90 Å². The molecule has 1 aliphatic rings. The van der Waals surface area contributed by atoms with Crippen LogP contribution in [0.4, 0.5) is 10.1 Å². The lowest BCUT2D eigenvalue weighted by Crippen LogP contribution is -2.48. The zero-order valence-corrected chi connectivity index (χ0v) is 17.2. The van der Waals surface area contributed by atoms with Crippen LogP contribution in [0, 0.1) is 5.82 Å². The van der Waals surface area contributed by atoms with Gasteiger partial charge in [0.05, 0.1) is 11.6 Å². The van der Waals surface area contributed by atoms with E-state index in [1.54, 1.807) is 0 Å². The lowest BCUT2D eigenvalue weighted by atomic mass is 10.0. The molecule has 29 heavy (non-hydrogen) atoms. The molecule has 2 heterocycles. The van der Waals surface area contributed by atoms with E-state index in [-0.39, 0.29) is 17.4 Å². The second-order valence-corrected chi connectivity index (χ2v) is 8.43. The molecule has 2 aromatic carbocycles. The fraction of sp³-hybridized carbons (Fsp3) is 0.409. The highest BCUT2D eigenvalue weighted by atomic mass is 19.1. The topological polar surface area (TPSA) is 50.1 Å². The first-order valence-electron chi connectivity index (χ1n) is 10.0. The van der Waals surface area contributed by atoms with Crippen LogP contribution in [0.2, 0.25) is 0 Å². The highest BCUT2D eigenvalue weighted by Crippen LogP contribution is 2.31. The Hall–Kier alpha value is -2.80. The van der Waals surface area contributed by atoms with Gasteiger partial charge in [0.15, 0.2) is 5.82 Å². The van der Waals surface area contributed by atoms with Crippen LogP contribution in [-0.4, -0.2) is 51.3 Å². The number of tetrazole rings is 1. The quantitative estimate of drug-likeness (QED) is 0.678. The summed E-state index contributed by atoms with van der Waals surface area (Å²) in [6, 6.07) is 17.0. The number of anilines is 1. The predicted octanol–water partition coefficient (Wildman–Crippen LogP) is 3.48. The van der Waals surface area contributed by atoms with Gasteiger partial charge >= 0.3 is 0 Å². The molecule has 0 aliphatic carbocycles. The van der Waals surface area contributed by atoms with E-state index >= 15 is 0 Å². The molecule has 1 saturated heterocycles. The molecule has 0 amide bonds. The van der Waals surface area contributed by atoms with Gasteiger partial charge in [-0.15, -0.1) is 5.10 Å². The maximum atomic E-state index is 13.6. The number of piperazine rings is 1. The van der Waals surface area contributed by atoms with Gasteiger partial charge < -0.3 is 4.90 Å². The Bertz CT molecular complexity index is 924. The molecule has 0 spiro atoms. The first kappa shape index (κ1) is 19.5. The fourth-order valence-corrected chi connectivity index (χ4v) is 3.89. The van der Waals surface area contributed by atoms with Gasteiger partial charge in [0.2, 0.25) is 0 Å². The third-order valence-electron chi connectivity index (χ3n) is 5.36. The van der Waals surface area contributed by atoms with Crippen molar-refractivity contribution in [3.05, 3.63) is 71.8 Å². The van der Waals surface area contributed by atoms with Gasteiger partial charge in [0, 0.05) is 31.9 Å². The van der Waals surface area contributed by atoms with Crippen LogP contribution in [0.25, 0.3) is 0 Å². The Morgan fingerprint density at radius 1 is 0.897 bits per heavy atom. The van der Waals surface area contributed by atoms with Crippen molar-refractivity contribution >= 4 is 5.69 Å². The summed E-state index contributed by atoms with van der Waals surface area (Å²) in [5.74, 6) is 0.550. The predicted molar refractivity (Wildman–Crippen MR) is 111 cm³/mol. The molecular formula is C22H27FN6. The van der Waals surface area contributed by atoms with Crippen LogP contribution < -0.4 is 4.90 Å². The van der Waals surface area contributed by atoms with E-state index in [0.717, 1.165) is 37.6 Å². The minimum Gasteiger partial charge on any atom is -0.369 e. The summed E-state index contributed by atoms with van der Waals surface area (Å²) < 4.78 is 15.5. The summed E-state index contributed by atoms with van der Waals surface area (Å²) in [7, 11) is 0. The highest BCUT2D eigenvalue weighted by Gasteiger charge is 2.33. The van der Waals surface area contributed by atoms with Gasteiger partial charge in [-0.2, -0.15) is 0 Å². The molecule has 1 atom stereocenters. The smallest absolute Gasteiger partial charge is 0.173 e. The van der Waals surface area contributed by atoms with Crippen molar-refractivity contribution in [1.82, 2.24) is 25.1 Å². The van der Waals surface area contributed by atoms with E-state index in [0.29, 0.717) is 0 Å². The SMILES string of the molecule is CC(C)(C)n1nnnc1[C@@H](c1ccc(F)cc1)N1CCN(c2ccccc2)CC1. The lowest BCUT2D eigenvalue weighted by molar-refractivity contribution is 0.191. The van der Waals surface area contributed by atoms with E-state index in [1.165, 1.54) is 17.8 Å². The molecule has 0 bridgehead atoms. The Morgan fingerprint density at radius 3 is 2.17 bits per heavy atom. The molecule has 0 unspecified atom stereocenters. The van der Waals surface area contributed by atoms with Gasteiger partial charge in [-0.05, 0) is 61.0 Å². The number of aromatic nitrogens is 4. The first-order chi connectivity index (χ1) is 13.9. The van der Waals surface area contributed by atoms with Crippen molar-refractivity contribution in [1.29, 1.82) is 0 Å². The van der Waals surface area contributed by atoms with Gasteiger partial charge in [-0.25, -0.2) is 9.07 Å². The monoisotopic (exact) mass is 394 g/mol. The standard InChI is InChI=1S/C22H27FN6/c1-22(2,3)29-21(24-25-26-29)20(17-9-11-18(23)12-10-17)28-15-13-27(14-16-28)19-7-5-4-6-8-19/h4-12,20H,13-16H2,1-3H3/t20-/m1/s1. The maximum absolute atomic E-state index is 13.6. The molecule has 1 aromatic heterocycles. The molecule has 1 aliphatic heterocycles. The Labute approximate surface area is 170 Å². The van der Waals surface area contributed by atoms with Crippen LogP contribution in [0.3, 0.4) is 0 Å². The summed E-state index contributed by atoms with van der Waals surface area (Å²) in [4.78, 5) is 4.78. The zero-order chi connectivity index (χ0) is 20.4. The third kappa shape index (κ3) is 4.15. The minimum absolute atomic E-state index is 0.122. The van der Waals surface area contributed by atoms with Crippen LogP contribution >= 0.6 is 0 Å². The number of nitrogens with zero attached hydrogens (tertiary/aromatic N) is 6. The molecule has 4 rings (SSSR count). The number of hydrogen-bond acceptors (Lipinski definition) is 5. The van der Waals surface area contributed by atoms with E-state index in [4.69, 9.17) is 0 Å². The first-order valence-corrected chi connectivity index (χ1v) is 10.0. The Kier molecular flexibility index (Phi) is 5.32. The molecular weight excluding hydrogens is 367 g/mol. The zero-order valence-electron chi connectivity index (χ0n) is 17.2. The Balaban J connectivity index is 1.64. The lowest BCUT2D eigenvalue weighted by Gasteiger charge is -2.40. The molecule has 0 saturated carbocycles. The summed E-state index contributed by atoms with van der Waals surface area (Å²) >= 11 is 0. The molecule has 1 fully saturated rings. The number of hydrogen-bond donors (Lipinski definition) is 0. The van der Waals surface area contributed by atoms with E-state index in [9.17, 15) is 4.39 Å². The number of halogens is 1. The molecule has 7 heteroatoms. The largest absolute Gasteiger partial charge is 0.369 e. The fourth-order valence-electron chi connectivity index (χ4n) is 3.89. The summed E-state index contributed by atoms with van der Waals surface area (Å²) in [5, 5.41) is 12.6. The summed E-state index contributed by atoms with van der Waals surface area (Å²) in [6.07, 6.45) is 0. The summed E-state index contributed by atoms with van der Waals surface area (Å²) in [5.41, 5.74) is 1.99. The average Bonchev–Trinajstić information content (AvgIpc) is 3.21. The molecule has 3 aromatic rings. The molecule has 0 N–H and O–H groups in total.